The molecule has 1 aliphatic carbocycles. The van der Waals surface area contributed by atoms with Gasteiger partial charge in [0.25, 0.3) is 0 Å². The third kappa shape index (κ3) is 9.64. The Morgan fingerprint density at radius 2 is 1.83 bits per heavy atom. The first-order chi connectivity index (χ1) is 14.3. The van der Waals surface area contributed by atoms with Gasteiger partial charge in [-0.1, -0.05) is 43.2 Å². The smallest absolute Gasteiger partial charge is 0.191 e. The van der Waals surface area contributed by atoms with Crippen LogP contribution in [-0.2, 0) is 15.9 Å². The zero-order valence-electron chi connectivity index (χ0n) is 18.5. The molecule has 29 heavy (non-hydrogen) atoms. The fourth-order valence-electron chi connectivity index (χ4n) is 3.99. The van der Waals surface area contributed by atoms with Crippen LogP contribution >= 0.6 is 0 Å². The number of guanidine groups is 1. The van der Waals surface area contributed by atoms with Gasteiger partial charge in [-0.3, -0.25) is 4.99 Å². The van der Waals surface area contributed by atoms with E-state index in [-0.39, 0.29) is 0 Å². The molecule has 5 heteroatoms. The van der Waals surface area contributed by atoms with Crippen LogP contribution in [0.25, 0.3) is 0 Å². The van der Waals surface area contributed by atoms with E-state index in [2.05, 4.69) is 47.9 Å². The second kappa shape index (κ2) is 14.4. The Hall–Kier alpha value is -1.59. The number of benzene rings is 1. The summed E-state index contributed by atoms with van der Waals surface area (Å²) in [5.74, 6) is 0.946. The topological polar surface area (TPSA) is 54.9 Å². The maximum absolute atomic E-state index is 5.77. The molecule has 0 atom stereocenters. The van der Waals surface area contributed by atoms with Gasteiger partial charge in [0.2, 0.25) is 0 Å². The molecule has 1 aromatic carbocycles. The minimum Gasteiger partial charge on any atom is -0.385 e. The second-order valence-corrected chi connectivity index (χ2v) is 8.13. The minimum atomic E-state index is 0.338. The first-order valence-corrected chi connectivity index (χ1v) is 11.4. The number of hydrogen-bond donors (Lipinski definition) is 2. The molecule has 5 nitrogen and oxygen atoms in total. The molecule has 1 aliphatic rings. The highest BCUT2D eigenvalue weighted by Crippen LogP contribution is 2.41. The molecule has 0 radical (unpaired) electrons. The molecule has 2 rings (SSSR count). The van der Waals surface area contributed by atoms with E-state index in [1.807, 2.05) is 0 Å². The molecule has 0 amide bonds. The van der Waals surface area contributed by atoms with Crippen LogP contribution in [0.3, 0.4) is 0 Å². The van der Waals surface area contributed by atoms with Crippen molar-refractivity contribution >= 4 is 5.96 Å². The number of nitrogens with one attached hydrogen (secondary N) is 2. The number of ether oxygens (including phenoxy) is 2. The van der Waals surface area contributed by atoms with Gasteiger partial charge in [-0.2, -0.15) is 0 Å². The van der Waals surface area contributed by atoms with E-state index in [9.17, 15) is 0 Å². The van der Waals surface area contributed by atoms with Crippen molar-refractivity contribution in [3.05, 3.63) is 35.9 Å². The van der Waals surface area contributed by atoms with Crippen molar-refractivity contribution in [3.8, 4) is 0 Å². The average Bonchev–Trinajstić information content (AvgIpc) is 3.22. The van der Waals surface area contributed by atoms with Crippen molar-refractivity contribution in [2.24, 2.45) is 10.4 Å². The second-order valence-electron chi connectivity index (χ2n) is 8.13. The van der Waals surface area contributed by atoms with Crippen molar-refractivity contribution in [2.45, 2.75) is 58.3 Å². The van der Waals surface area contributed by atoms with Gasteiger partial charge in [-0.05, 0) is 56.4 Å². The first kappa shape index (κ1) is 23.7. The van der Waals surface area contributed by atoms with Crippen LogP contribution in [0.5, 0.6) is 0 Å². The molecule has 1 aromatic rings. The van der Waals surface area contributed by atoms with Gasteiger partial charge in [-0.15, -0.1) is 0 Å². The highest BCUT2D eigenvalue weighted by atomic mass is 16.5. The van der Waals surface area contributed by atoms with E-state index in [0.717, 1.165) is 71.1 Å². The SMILES string of the molecule is CCNC(=NCC1(CCOC)CCCC1)NCCCCOCCc1ccccc1. The molecule has 0 saturated heterocycles. The van der Waals surface area contributed by atoms with Gasteiger partial charge in [0, 0.05) is 40.0 Å². The monoisotopic (exact) mass is 403 g/mol. The van der Waals surface area contributed by atoms with Crippen molar-refractivity contribution in [1.29, 1.82) is 0 Å². The Morgan fingerprint density at radius 1 is 1.03 bits per heavy atom. The largest absolute Gasteiger partial charge is 0.385 e. The van der Waals surface area contributed by atoms with Gasteiger partial charge in [0.05, 0.1) is 6.61 Å². The molecule has 0 bridgehead atoms. The Morgan fingerprint density at radius 3 is 2.55 bits per heavy atom. The number of aliphatic imine (C=N–C) groups is 1. The summed E-state index contributed by atoms with van der Waals surface area (Å²) in [7, 11) is 1.79. The van der Waals surface area contributed by atoms with Crippen LogP contribution in [0.2, 0.25) is 0 Å². The third-order valence-corrected chi connectivity index (χ3v) is 5.80. The van der Waals surface area contributed by atoms with E-state index in [0.29, 0.717) is 5.41 Å². The predicted octanol–water partition coefficient (Wildman–Crippen LogP) is 4.18. The Labute approximate surface area is 177 Å². The van der Waals surface area contributed by atoms with Crippen LogP contribution in [0.15, 0.2) is 35.3 Å². The molecule has 0 aliphatic heterocycles. The Kier molecular flexibility index (Phi) is 11.8. The molecule has 0 spiro atoms. The number of unbranched alkanes of at least 4 members (excludes halogenated alkanes) is 1. The lowest BCUT2D eigenvalue weighted by atomic mass is 9.83. The average molecular weight is 404 g/mol. The number of hydrogen-bond acceptors (Lipinski definition) is 3. The van der Waals surface area contributed by atoms with Gasteiger partial charge >= 0.3 is 0 Å². The van der Waals surface area contributed by atoms with Crippen LogP contribution in [-0.4, -0.2) is 52.5 Å². The van der Waals surface area contributed by atoms with Gasteiger partial charge in [0.15, 0.2) is 5.96 Å². The third-order valence-electron chi connectivity index (χ3n) is 5.80. The standard InChI is InChI=1S/C24H41N3O2/c1-3-25-23(27-21-24(16-20-28-2)14-7-8-15-24)26-17-9-10-18-29-19-13-22-11-5-4-6-12-22/h4-6,11-12H,3,7-10,13-21H2,1-2H3,(H2,25,26,27). The highest BCUT2D eigenvalue weighted by molar-refractivity contribution is 5.79. The molecule has 0 aromatic heterocycles. The highest BCUT2D eigenvalue weighted by Gasteiger charge is 2.33. The molecule has 0 unspecified atom stereocenters. The van der Waals surface area contributed by atoms with Crippen molar-refractivity contribution in [3.63, 3.8) is 0 Å². The molecular weight excluding hydrogens is 362 g/mol. The maximum atomic E-state index is 5.77. The van der Waals surface area contributed by atoms with E-state index in [4.69, 9.17) is 14.5 Å². The molecular formula is C24H41N3O2. The fraction of sp³-hybridized carbons (Fsp3) is 0.708. The van der Waals surface area contributed by atoms with E-state index < -0.39 is 0 Å². The lowest BCUT2D eigenvalue weighted by Gasteiger charge is -2.27. The van der Waals surface area contributed by atoms with Crippen LogP contribution in [0.1, 0.15) is 57.4 Å². The zero-order chi connectivity index (χ0) is 20.6. The summed E-state index contributed by atoms with van der Waals surface area (Å²) < 4.78 is 11.1. The van der Waals surface area contributed by atoms with Crippen LogP contribution < -0.4 is 10.6 Å². The first-order valence-electron chi connectivity index (χ1n) is 11.4. The summed E-state index contributed by atoms with van der Waals surface area (Å²) in [4.78, 5) is 4.91. The van der Waals surface area contributed by atoms with Gasteiger partial charge < -0.3 is 20.1 Å². The summed E-state index contributed by atoms with van der Waals surface area (Å²) in [6.07, 6.45) is 9.47. The summed E-state index contributed by atoms with van der Waals surface area (Å²) >= 11 is 0. The fourth-order valence-corrected chi connectivity index (χ4v) is 3.99. The van der Waals surface area contributed by atoms with Gasteiger partial charge in [0.1, 0.15) is 0 Å². The number of methoxy groups -OCH3 is 1. The van der Waals surface area contributed by atoms with E-state index in [1.54, 1.807) is 7.11 Å². The van der Waals surface area contributed by atoms with Crippen LogP contribution in [0, 0.1) is 5.41 Å². The van der Waals surface area contributed by atoms with Crippen molar-refractivity contribution in [1.82, 2.24) is 10.6 Å². The summed E-state index contributed by atoms with van der Waals surface area (Å²) in [5.41, 5.74) is 1.68. The van der Waals surface area contributed by atoms with E-state index in [1.165, 1.54) is 31.2 Å². The van der Waals surface area contributed by atoms with E-state index >= 15 is 0 Å². The van der Waals surface area contributed by atoms with Crippen molar-refractivity contribution in [2.75, 3.05) is 46.6 Å². The predicted molar refractivity (Wildman–Crippen MR) is 122 cm³/mol. The molecule has 0 heterocycles. The molecule has 1 fully saturated rings. The maximum Gasteiger partial charge on any atom is 0.191 e. The lowest BCUT2D eigenvalue weighted by Crippen LogP contribution is -2.39. The Balaban J connectivity index is 1.60. The Bertz CT molecular complexity index is 557. The summed E-state index contributed by atoms with van der Waals surface area (Å²) in [5, 5.41) is 6.87. The van der Waals surface area contributed by atoms with Crippen molar-refractivity contribution < 1.29 is 9.47 Å². The molecule has 2 N–H and O–H groups in total. The normalized spacial score (nSPS) is 16.1. The molecule has 1 saturated carbocycles. The quantitative estimate of drug-likeness (QED) is 0.278. The summed E-state index contributed by atoms with van der Waals surface area (Å²) in [6.45, 7) is 7.29. The summed E-state index contributed by atoms with van der Waals surface area (Å²) in [6, 6.07) is 10.5. The number of nitrogens with zero attached hydrogens (tertiary/aromatic N) is 1. The minimum absolute atomic E-state index is 0.338. The zero-order valence-corrected chi connectivity index (χ0v) is 18.5. The van der Waals surface area contributed by atoms with Gasteiger partial charge in [-0.25, -0.2) is 0 Å². The molecule has 164 valence electrons. The number of rotatable bonds is 14. The van der Waals surface area contributed by atoms with Crippen LogP contribution in [0.4, 0.5) is 0 Å². The lowest BCUT2D eigenvalue weighted by molar-refractivity contribution is 0.133.